The van der Waals surface area contributed by atoms with Crippen molar-refractivity contribution in [2.45, 2.75) is 13.0 Å². The molecule has 1 aliphatic rings. The summed E-state index contributed by atoms with van der Waals surface area (Å²) in [4.78, 5) is 24.4. The molecule has 0 aromatic heterocycles. The van der Waals surface area contributed by atoms with Gasteiger partial charge in [-0.2, -0.15) is 0 Å². The van der Waals surface area contributed by atoms with Crippen molar-refractivity contribution >= 4 is 17.4 Å². The zero-order valence-corrected chi connectivity index (χ0v) is 12.4. The Labute approximate surface area is 128 Å². The van der Waals surface area contributed by atoms with E-state index in [1.165, 1.54) is 5.01 Å². The zero-order valence-electron chi connectivity index (χ0n) is 12.4. The number of amides is 1. The van der Waals surface area contributed by atoms with Crippen LogP contribution in [0.2, 0.25) is 0 Å². The van der Waals surface area contributed by atoms with E-state index in [4.69, 9.17) is 4.74 Å². The van der Waals surface area contributed by atoms with Crippen LogP contribution in [0, 0.1) is 6.92 Å². The van der Waals surface area contributed by atoms with Gasteiger partial charge in [-0.3, -0.25) is 9.59 Å². The molecule has 0 bridgehead atoms. The molecule has 1 aliphatic heterocycles. The van der Waals surface area contributed by atoms with Gasteiger partial charge in [-0.15, -0.1) is 0 Å². The van der Waals surface area contributed by atoms with Crippen LogP contribution in [0.15, 0.2) is 48.5 Å². The Balaban J connectivity index is 1.87. The van der Waals surface area contributed by atoms with E-state index in [1.54, 1.807) is 31.4 Å². The molecule has 3 rings (SSSR count). The first-order chi connectivity index (χ1) is 10.6. The molecular weight excluding hydrogens is 280 g/mol. The molecule has 1 heterocycles. The number of anilines is 1. The van der Waals surface area contributed by atoms with Gasteiger partial charge in [0.05, 0.1) is 12.8 Å². The lowest BCUT2D eigenvalue weighted by atomic mass is 10.0. The number of carbonyl (C=O) groups is 2. The summed E-state index contributed by atoms with van der Waals surface area (Å²) in [5, 5.41) is 1.30. The monoisotopic (exact) mass is 296 g/mol. The number of methoxy groups -OCH3 is 1. The maximum absolute atomic E-state index is 12.2. The Morgan fingerprint density at radius 2 is 1.64 bits per heavy atom. The second kappa shape index (κ2) is 5.61. The van der Waals surface area contributed by atoms with E-state index in [9.17, 15) is 9.59 Å². The third-order valence-electron chi connectivity index (χ3n) is 3.68. The number of ether oxygens (including phenoxy) is 1. The van der Waals surface area contributed by atoms with Gasteiger partial charge in [0.15, 0.2) is 0 Å². The zero-order chi connectivity index (χ0) is 15.7. The van der Waals surface area contributed by atoms with Gasteiger partial charge in [-0.05, 0) is 36.8 Å². The van der Waals surface area contributed by atoms with E-state index in [-0.39, 0.29) is 0 Å². The molecule has 1 N–H and O–H groups in total. The second-order valence-corrected chi connectivity index (χ2v) is 5.18. The fraction of sp³-hybridized carbons (Fsp3) is 0.176. The van der Waals surface area contributed by atoms with Crippen LogP contribution in [0.1, 0.15) is 17.2 Å². The molecule has 0 spiro atoms. The van der Waals surface area contributed by atoms with Gasteiger partial charge in [0.2, 0.25) is 5.78 Å². The molecule has 112 valence electrons. The minimum atomic E-state index is -0.667. The van der Waals surface area contributed by atoms with Crippen LogP contribution in [0.5, 0.6) is 5.75 Å². The maximum atomic E-state index is 12.2. The summed E-state index contributed by atoms with van der Waals surface area (Å²) < 4.78 is 5.10. The summed E-state index contributed by atoms with van der Waals surface area (Å²) in [6.07, 6.45) is 0. The van der Waals surface area contributed by atoms with Gasteiger partial charge >= 0.3 is 5.91 Å². The molecule has 2 aromatic carbocycles. The van der Waals surface area contributed by atoms with Crippen LogP contribution in [0.4, 0.5) is 5.69 Å². The summed E-state index contributed by atoms with van der Waals surface area (Å²) in [7, 11) is 1.58. The number of carbonyl (C=O) groups excluding carboxylic acids is 2. The van der Waals surface area contributed by atoms with Gasteiger partial charge in [0.25, 0.3) is 0 Å². The molecule has 5 heteroatoms. The van der Waals surface area contributed by atoms with E-state index in [2.05, 4.69) is 5.43 Å². The molecule has 0 radical (unpaired) electrons. The average molecular weight is 296 g/mol. The highest BCUT2D eigenvalue weighted by Gasteiger charge is 2.40. The molecule has 2 aromatic rings. The minimum Gasteiger partial charge on any atom is -0.497 e. The SMILES string of the molecule is COc1ccc(C2NN(c3ccc(C)cc3)C(=O)C2=O)cc1. The summed E-state index contributed by atoms with van der Waals surface area (Å²) in [6.45, 7) is 1.97. The molecule has 1 unspecified atom stereocenters. The number of aryl methyl sites for hydroxylation is 1. The number of nitrogens with zero attached hydrogens (tertiary/aromatic N) is 1. The third-order valence-corrected chi connectivity index (χ3v) is 3.68. The minimum absolute atomic E-state index is 0.467. The van der Waals surface area contributed by atoms with E-state index in [0.717, 1.165) is 11.1 Å². The van der Waals surface area contributed by atoms with E-state index >= 15 is 0 Å². The van der Waals surface area contributed by atoms with Gasteiger partial charge in [0, 0.05) is 0 Å². The first-order valence-corrected chi connectivity index (χ1v) is 6.95. The Bertz CT molecular complexity index is 708. The van der Waals surface area contributed by atoms with E-state index < -0.39 is 17.7 Å². The van der Waals surface area contributed by atoms with Gasteiger partial charge in [-0.25, -0.2) is 10.4 Å². The van der Waals surface area contributed by atoms with Crippen molar-refractivity contribution in [2.75, 3.05) is 12.1 Å². The highest BCUT2D eigenvalue weighted by Crippen LogP contribution is 2.26. The Morgan fingerprint density at radius 3 is 2.23 bits per heavy atom. The molecule has 1 amide bonds. The molecule has 0 aliphatic carbocycles. The smallest absolute Gasteiger partial charge is 0.310 e. The highest BCUT2D eigenvalue weighted by atomic mass is 16.5. The summed E-state index contributed by atoms with van der Waals surface area (Å²) in [6, 6.07) is 13.8. The Hall–Kier alpha value is -2.66. The average Bonchev–Trinajstić information content (AvgIpc) is 2.84. The highest BCUT2D eigenvalue weighted by molar-refractivity contribution is 6.45. The predicted molar refractivity (Wildman–Crippen MR) is 82.5 cm³/mol. The fourth-order valence-electron chi connectivity index (χ4n) is 2.39. The van der Waals surface area contributed by atoms with E-state index in [1.807, 2.05) is 31.2 Å². The molecule has 5 nitrogen and oxygen atoms in total. The lowest BCUT2D eigenvalue weighted by molar-refractivity contribution is -0.134. The molecule has 22 heavy (non-hydrogen) atoms. The number of nitrogens with one attached hydrogen (secondary N) is 1. The number of hydrazine groups is 1. The Morgan fingerprint density at radius 1 is 1.00 bits per heavy atom. The quantitative estimate of drug-likeness (QED) is 0.882. The van der Waals surface area contributed by atoms with Crippen LogP contribution in [0.3, 0.4) is 0 Å². The number of ketones is 1. The number of hydrogen-bond acceptors (Lipinski definition) is 4. The molecule has 0 saturated carbocycles. The molecule has 1 fully saturated rings. The van der Waals surface area contributed by atoms with Crippen molar-refractivity contribution in [2.24, 2.45) is 0 Å². The second-order valence-electron chi connectivity index (χ2n) is 5.18. The lowest BCUT2D eigenvalue weighted by Gasteiger charge is -2.17. The fourth-order valence-corrected chi connectivity index (χ4v) is 2.39. The largest absolute Gasteiger partial charge is 0.497 e. The van der Waals surface area contributed by atoms with Crippen molar-refractivity contribution in [1.29, 1.82) is 0 Å². The van der Waals surface area contributed by atoms with Crippen molar-refractivity contribution in [3.8, 4) is 5.75 Å². The topological polar surface area (TPSA) is 58.6 Å². The number of benzene rings is 2. The van der Waals surface area contributed by atoms with Gasteiger partial charge in [-0.1, -0.05) is 29.8 Å². The van der Waals surface area contributed by atoms with E-state index in [0.29, 0.717) is 11.4 Å². The molecular formula is C17H16N2O3. The normalized spacial score (nSPS) is 17.9. The third kappa shape index (κ3) is 2.46. The van der Waals surface area contributed by atoms with Crippen molar-refractivity contribution in [1.82, 2.24) is 5.43 Å². The first-order valence-electron chi connectivity index (χ1n) is 6.95. The molecule has 1 saturated heterocycles. The van der Waals surface area contributed by atoms with Crippen LogP contribution in [-0.2, 0) is 9.59 Å². The predicted octanol–water partition coefficient (Wildman–Crippen LogP) is 2.17. The Kier molecular flexibility index (Phi) is 3.65. The lowest BCUT2D eigenvalue weighted by Crippen LogP contribution is -2.35. The number of Topliss-reactive ketones (excluding diaryl/α,β-unsaturated/α-hetero) is 1. The van der Waals surface area contributed by atoms with Crippen molar-refractivity contribution < 1.29 is 14.3 Å². The number of hydrogen-bond donors (Lipinski definition) is 1. The van der Waals surface area contributed by atoms with Crippen LogP contribution >= 0.6 is 0 Å². The maximum Gasteiger partial charge on any atom is 0.310 e. The summed E-state index contributed by atoms with van der Waals surface area (Å²) in [5.74, 6) is -0.314. The van der Waals surface area contributed by atoms with Gasteiger partial charge < -0.3 is 4.74 Å². The summed E-state index contributed by atoms with van der Waals surface area (Å²) >= 11 is 0. The van der Waals surface area contributed by atoms with Crippen LogP contribution in [0.25, 0.3) is 0 Å². The standard InChI is InChI=1S/C17H16N2O3/c1-11-3-7-13(8-4-11)19-17(21)16(20)15(18-19)12-5-9-14(22-2)10-6-12/h3-10,15,18H,1-2H3. The van der Waals surface area contributed by atoms with Crippen molar-refractivity contribution in [3.05, 3.63) is 59.7 Å². The van der Waals surface area contributed by atoms with Crippen LogP contribution < -0.4 is 15.2 Å². The van der Waals surface area contributed by atoms with Gasteiger partial charge in [0.1, 0.15) is 11.8 Å². The molecule has 1 atom stereocenters. The van der Waals surface area contributed by atoms with Crippen LogP contribution in [-0.4, -0.2) is 18.8 Å². The number of rotatable bonds is 3. The first kappa shape index (κ1) is 14.3. The van der Waals surface area contributed by atoms with Crippen molar-refractivity contribution in [3.63, 3.8) is 0 Å². The summed E-state index contributed by atoms with van der Waals surface area (Å²) in [5.41, 5.74) is 5.45.